The SMILES string of the molecule is CCc1ccc(CCCC(O)C(C)C)s1. The second-order valence-corrected chi connectivity index (χ2v) is 5.68. The molecule has 0 aliphatic carbocycles. The number of hydrogen-bond acceptors (Lipinski definition) is 2. The predicted octanol–water partition coefficient (Wildman–Crippen LogP) is 3.65. The highest BCUT2D eigenvalue weighted by atomic mass is 32.1. The van der Waals surface area contributed by atoms with Gasteiger partial charge in [-0.15, -0.1) is 11.3 Å². The van der Waals surface area contributed by atoms with Gasteiger partial charge in [-0.05, 0) is 43.7 Å². The second kappa shape index (κ2) is 6.29. The van der Waals surface area contributed by atoms with Crippen molar-refractivity contribution in [3.05, 3.63) is 21.9 Å². The minimum absolute atomic E-state index is 0.129. The van der Waals surface area contributed by atoms with Gasteiger partial charge in [-0.1, -0.05) is 20.8 Å². The zero-order valence-corrected chi connectivity index (χ0v) is 10.8. The molecule has 0 radical (unpaired) electrons. The Kier molecular flexibility index (Phi) is 5.34. The molecule has 1 nitrogen and oxygen atoms in total. The molecule has 1 aromatic heterocycles. The van der Waals surface area contributed by atoms with Crippen LogP contribution < -0.4 is 0 Å². The molecule has 0 saturated carbocycles. The van der Waals surface area contributed by atoms with Crippen molar-refractivity contribution in [3.63, 3.8) is 0 Å². The van der Waals surface area contributed by atoms with E-state index in [0.29, 0.717) is 5.92 Å². The molecule has 0 aliphatic rings. The van der Waals surface area contributed by atoms with Gasteiger partial charge in [0.1, 0.15) is 0 Å². The first kappa shape index (κ1) is 12.7. The van der Waals surface area contributed by atoms with Crippen LogP contribution in [0.1, 0.15) is 43.4 Å². The van der Waals surface area contributed by atoms with Crippen LogP contribution in [-0.4, -0.2) is 11.2 Å². The third kappa shape index (κ3) is 4.35. The molecule has 1 atom stereocenters. The molecule has 1 N–H and O–H groups in total. The van der Waals surface area contributed by atoms with E-state index in [-0.39, 0.29) is 6.10 Å². The molecule has 86 valence electrons. The fourth-order valence-electron chi connectivity index (χ4n) is 1.57. The molecule has 1 rings (SSSR count). The van der Waals surface area contributed by atoms with Gasteiger partial charge in [-0.3, -0.25) is 0 Å². The Morgan fingerprint density at radius 1 is 1.27 bits per heavy atom. The summed E-state index contributed by atoms with van der Waals surface area (Å²) in [5.74, 6) is 0.388. The van der Waals surface area contributed by atoms with Crippen LogP contribution in [0, 0.1) is 5.92 Å². The quantitative estimate of drug-likeness (QED) is 0.785. The van der Waals surface area contributed by atoms with Crippen molar-refractivity contribution in [1.82, 2.24) is 0 Å². The van der Waals surface area contributed by atoms with Gasteiger partial charge in [-0.2, -0.15) is 0 Å². The lowest BCUT2D eigenvalue weighted by Gasteiger charge is -2.13. The summed E-state index contributed by atoms with van der Waals surface area (Å²) in [6.07, 6.45) is 4.16. The summed E-state index contributed by atoms with van der Waals surface area (Å²) in [5.41, 5.74) is 0. The van der Waals surface area contributed by atoms with E-state index in [0.717, 1.165) is 25.7 Å². The van der Waals surface area contributed by atoms with Gasteiger partial charge in [0.2, 0.25) is 0 Å². The number of rotatable bonds is 6. The minimum Gasteiger partial charge on any atom is -0.393 e. The lowest BCUT2D eigenvalue weighted by atomic mass is 10.0. The standard InChI is InChI=1S/C13H22OS/c1-4-11-8-9-12(15-11)6-5-7-13(14)10(2)3/h8-10,13-14H,4-7H2,1-3H3. The van der Waals surface area contributed by atoms with E-state index in [2.05, 4.69) is 32.9 Å². The largest absolute Gasteiger partial charge is 0.393 e. The molecule has 0 amide bonds. The van der Waals surface area contributed by atoms with Gasteiger partial charge >= 0.3 is 0 Å². The number of aliphatic hydroxyl groups excluding tert-OH is 1. The highest BCUT2D eigenvalue weighted by Gasteiger charge is 2.08. The predicted molar refractivity (Wildman–Crippen MR) is 67.5 cm³/mol. The van der Waals surface area contributed by atoms with Gasteiger partial charge in [0.25, 0.3) is 0 Å². The molecule has 0 spiro atoms. The van der Waals surface area contributed by atoms with E-state index in [4.69, 9.17) is 0 Å². The molecule has 1 aromatic rings. The third-order valence-corrected chi connectivity index (χ3v) is 4.05. The van der Waals surface area contributed by atoms with Gasteiger partial charge in [0.05, 0.1) is 6.10 Å². The minimum atomic E-state index is -0.129. The van der Waals surface area contributed by atoms with Crippen LogP contribution in [0.2, 0.25) is 0 Å². The van der Waals surface area contributed by atoms with E-state index in [9.17, 15) is 5.11 Å². The number of thiophene rings is 1. The summed E-state index contributed by atoms with van der Waals surface area (Å²) in [7, 11) is 0. The average molecular weight is 226 g/mol. The van der Waals surface area contributed by atoms with Crippen molar-refractivity contribution < 1.29 is 5.11 Å². The Morgan fingerprint density at radius 3 is 2.47 bits per heavy atom. The summed E-state index contributed by atoms with van der Waals surface area (Å²) in [4.78, 5) is 2.93. The van der Waals surface area contributed by atoms with E-state index in [1.165, 1.54) is 9.75 Å². The van der Waals surface area contributed by atoms with Crippen LogP contribution in [0.3, 0.4) is 0 Å². The third-order valence-electron chi connectivity index (χ3n) is 2.76. The molecule has 0 bridgehead atoms. The first-order valence-corrected chi connectivity index (χ1v) is 6.70. The van der Waals surface area contributed by atoms with Crippen LogP contribution >= 0.6 is 11.3 Å². The maximum Gasteiger partial charge on any atom is 0.0563 e. The lowest BCUT2D eigenvalue weighted by molar-refractivity contribution is 0.114. The van der Waals surface area contributed by atoms with E-state index in [1.807, 2.05) is 11.3 Å². The fourth-order valence-corrected chi connectivity index (χ4v) is 2.57. The molecule has 15 heavy (non-hydrogen) atoms. The van der Waals surface area contributed by atoms with Crippen LogP contribution in [0.15, 0.2) is 12.1 Å². The second-order valence-electron chi connectivity index (χ2n) is 4.43. The van der Waals surface area contributed by atoms with E-state index >= 15 is 0 Å². The summed E-state index contributed by atoms with van der Waals surface area (Å²) < 4.78 is 0. The van der Waals surface area contributed by atoms with E-state index < -0.39 is 0 Å². The molecule has 1 heterocycles. The zero-order valence-electron chi connectivity index (χ0n) is 9.99. The number of hydrogen-bond donors (Lipinski definition) is 1. The monoisotopic (exact) mass is 226 g/mol. The normalized spacial score (nSPS) is 13.4. The van der Waals surface area contributed by atoms with Gasteiger partial charge in [0, 0.05) is 9.75 Å². The highest BCUT2D eigenvalue weighted by Crippen LogP contribution is 2.20. The van der Waals surface area contributed by atoms with Crippen molar-refractivity contribution in [2.45, 2.75) is 52.6 Å². The maximum atomic E-state index is 9.66. The summed E-state index contributed by atoms with van der Waals surface area (Å²) in [6, 6.07) is 4.45. The first-order chi connectivity index (χ1) is 7.13. The smallest absolute Gasteiger partial charge is 0.0563 e. The van der Waals surface area contributed by atoms with Gasteiger partial charge in [0.15, 0.2) is 0 Å². The Balaban J connectivity index is 2.25. The van der Waals surface area contributed by atoms with Gasteiger partial charge in [-0.25, -0.2) is 0 Å². The Labute approximate surface area is 97.2 Å². The lowest BCUT2D eigenvalue weighted by Crippen LogP contribution is -2.14. The Bertz CT molecular complexity index is 278. The Morgan fingerprint density at radius 2 is 1.93 bits per heavy atom. The Hall–Kier alpha value is -0.340. The molecule has 2 heteroatoms. The van der Waals surface area contributed by atoms with Crippen molar-refractivity contribution in [2.24, 2.45) is 5.92 Å². The van der Waals surface area contributed by atoms with E-state index in [1.54, 1.807) is 0 Å². The average Bonchev–Trinajstić information content (AvgIpc) is 2.65. The van der Waals surface area contributed by atoms with Crippen LogP contribution in [0.4, 0.5) is 0 Å². The number of aryl methyl sites for hydroxylation is 2. The molecule has 0 aliphatic heterocycles. The molecular weight excluding hydrogens is 204 g/mol. The molecule has 0 fully saturated rings. The molecular formula is C13H22OS. The summed E-state index contributed by atoms with van der Waals surface area (Å²) >= 11 is 1.91. The van der Waals surface area contributed by atoms with Crippen molar-refractivity contribution in [2.75, 3.05) is 0 Å². The molecule has 1 unspecified atom stereocenters. The molecule has 0 saturated heterocycles. The van der Waals surface area contributed by atoms with Crippen molar-refractivity contribution >= 4 is 11.3 Å². The number of aliphatic hydroxyl groups is 1. The molecule has 0 aromatic carbocycles. The highest BCUT2D eigenvalue weighted by molar-refractivity contribution is 7.11. The summed E-state index contributed by atoms with van der Waals surface area (Å²) in [5, 5.41) is 9.66. The summed E-state index contributed by atoms with van der Waals surface area (Å²) in [6.45, 7) is 6.34. The topological polar surface area (TPSA) is 20.2 Å². The van der Waals surface area contributed by atoms with Crippen LogP contribution in [0.5, 0.6) is 0 Å². The maximum absolute atomic E-state index is 9.66. The van der Waals surface area contributed by atoms with Crippen molar-refractivity contribution in [3.8, 4) is 0 Å². The van der Waals surface area contributed by atoms with Crippen molar-refractivity contribution in [1.29, 1.82) is 0 Å². The van der Waals surface area contributed by atoms with Crippen LogP contribution in [-0.2, 0) is 12.8 Å². The van der Waals surface area contributed by atoms with Crippen LogP contribution in [0.25, 0.3) is 0 Å². The van der Waals surface area contributed by atoms with Gasteiger partial charge < -0.3 is 5.11 Å². The fraction of sp³-hybridized carbons (Fsp3) is 0.692. The zero-order chi connectivity index (χ0) is 11.3. The first-order valence-electron chi connectivity index (χ1n) is 5.89.